The highest BCUT2D eigenvalue weighted by Gasteiger charge is 2.16. The van der Waals surface area contributed by atoms with Crippen LogP contribution < -0.4 is 5.56 Å². The standard InChI is InChI=1S/C21H15N5O2S2/c1-13-6-8-22-17(10-13)26-20(27)15-4-2-3-5-16(15)23-21(26)30-12-18-24-19(25-28-18)14-7-9-29-11-14/h2-11H,12H2,1H3. The lowest BCUT2D eigenvalue weighted by Gasteiger charge is -2.12. The van der Waals surface area contributed by atoms with E-state index in [4.69, 9.17) is 9.51 Å². The fourth-order valence-corrected chi connectivity index (χ4v) is 4.48. The summed E-state index contributed by atoms with van der Waals surface area (Å²) >= 11 is 2.93. The van der Waals surface area contributed by atoms with Gasteiger partial charge in [-0.1, -0.05) is 29.1 Å². The molecule has 5 aromatic rings. The first kappa shape index (κ1) is 18.7. The summed E-state index contributed by atoms with van der Waals surface area (Å²) in [5.74, 6) is 1.93. The maximum atomic E-state index is 13.3. The van der Waals surface area contributed by atoms with Gasteiger partial charge in [0, 0.05) is 17.1 Å². The third kappa shape index (κ3) is 3.53. The molecule has 0 aliphatic heterocycles. The van der Waals surface area contributed by atoms with E-state index in [1.807, 2.05) is 54.1 Å². The molecule has 4 heterocycles. The number of thiophene rings is 1. The molecule has 0 spiro atoms. The fourth-order valence-electron chi connectivity index (χ4n) is 3.00. The molecule has 0 aliphatic carbocycles. The Morgan fingerprint density at radius 1 is 1.17 bits per heavy atom. The third-order valence-electron chi connectivity index (χ3n) is 4.45. The van der Waals surface area contributed by atoms with Crippen LogP contribution in [0.4, 0.5) is 0 Å². The molecule has 0 saturated carbocycles. The Kier molecular flexibility index (Phi) is 4.89. The summed E-state index contributed by atoms with van der Waals surface area (Å²) in [7, 11) is 0. The Morgan fingerprint density at radius 2 is 2.07 bits per heavy atom. The average Bonchev–Trinajstić information content (AvgIpc) is 3.44. The molecule has 0 aliphatic rings. The van der Waals surface area contributed by atoms with Crippen LogP contribution in [0.5, 0.6) is 0 Å². The number of benzene rings is 1. The number of nitrogens with zero attached hydrogens (tertiary/aromatic N) is 5. The van der Waals surface area contributed by atoms with E-state index in [2.05, 4.69) is 15.1 Å². The van der Waals surface area contributed by atoms with Gasteiger partial charge in [-0.15, -0.1) is 0 Å². The highest BCUT2D eigenvalue weighted by atomic mass is 32.2. The van der Waals surface area contributed by atoms with Gasteiger partial charge in [0.2, 0.25) is 11.7 Å². The van der Waals surface area contributed by atoms with Crippen molar-refractivity contribution in [3.05, 3.63) is 81.2 Å². The molecule has 0 bridgehead atoms. The summed E-state index contributed by atoms with van der Waals surface area (Å²) in [6.45, 7) is 1.96. The van der Waals surface area contributed by atoms with Gasteiger partial charge in [0.25, 0.3) is 5.56 Å². The maximum absolute atomic E-state index is 13.3. The SMILES string of the molecule is Cc1ccnc(-n2c(SCc3nc(-c4ccsc4)no3)nc3ccccc3c2=O)c1. The van der Waals surface area contributed by atoms with Crippen LogP contribution in [0, 0.1) is 6.92 Å². The second-order valence-electron chi connectivity index (χ2n) is 6.56. The van der Waals surface area contributed by atoms with Crippen molar-refractivity contribution in [3.8, 4) is 17.2 Å². The van der Waals surface area contributed by atoms with E-state index in [1.165, 1.54) is 16.3 Å². The van der Waals surface area contributed by atoms with Gasteiger partial charge in [0.15, 0.2) is 5.16 Å². The molecule has 30 heavy (non-hydrogen) atoms. The summed E-state index contributed by atoms with van der Waals surface area (Å²) in [5, 5.41) is 9.03. The van der Waals surface area contributed by atoms with Gasteiger partial charge in [-0.2, -0.15) is 16.3 Å². The molecule has 5 rings (SSSR count). The van der Waals surface area contributed by atoms with E-state index >= 15 is 0 Å². The van der Waals surface area contributed by atoms with Crippen LogP contribution in [0.1, 0.15) is 11.5 Å². The minimum atomic E-state index is -0.161. The number of para-hydroxylation sites is 1. The van der Waals surface area contributed by atoms with Crippen molar-refractivity contribution in [2.24, 2.45) is 0 Å². The van der Waals surface area contributed by atoms with Crippen molar-refractivity contribution >= 4 is 34.0 Å². The largest absolute Gasteiger partial charge is 0.338 e. The number of thioether (sulfide) groups is 1. The van der Waals surface area contributed by atoms with Crippen molar-refractivity contribution in [3.63, 3.8) is 0 Å². The van der Waals surface area contributed by atoms with Crippen LogP contribution in [0.3, 0.4) is 0 Å². The van der Waals surface area contributed by atoms with Gasteiger partial charge in [0.1, 0.15) is 5.82 Å². The van der Waals surface area contributed by atoms with E-state index in [1.54, 1.807) is 23.6 Å². The fraction of sp³-hybridized carbons (Fsp3) is 0.0952. The average molecular weight is 434 g/mol. The smallest absolute Gasteiger partial charge is 0.267 e. The van der Waals surface area contributed by atoms with Gasteiger partial charge in [-0.05, 0) is 48.2 Å². The van der Waals surface area contributed by atoms with Gasteiger partial charge in [-0.3, -0.25) is 4.79 Å². The Bertz CT molecular complexity index is 1390. The Balaban J connectivity index is 1.54. The van der Waals surface area contributed by atoms with Crippen molar-refractivity contribution in [1.82, 2.24) is 24.7 Å². The van der Waals surface area contributed by atoms with Gasteiger partial charge < -0.3 is 4.52 Å². The predicted molar refractivity (Wildman–Crippen MR) is 117 cm³/mol. The number of aryl methyl sites for hydroxylation is 1. The molecule has 0 N–H and O–H groups in total. The highest BCUT2D eigenvalue weighted by molar-refractivity contribution is 7.98. The van der Waals surface area contributed by atoms with E-state index in [9.17, 15) is 4.79 Å². The van der Waals surface area contributed by atoms with Gasteiger partial charge in [-0.25, -0.2) is 14.5 Å². The lowest BCUT2D eigenvalue weighted by atomic mass is 10.2. The molecule has 0 unspecified atom stereocenters. The number of fused-ring (bicyclic) bond motifs is 1. The van der Waals surface area contributed by atoms with Gasteiger partial charge in [0.05, 0.1) is 16.7 Å². The zero-order chi connectivity index (χ0) is 20.5. The number of aromatic nitrogens is 5. The van der Waals surface area contributed by atoms with Crippen LogP contribution in [0.25, 0.3) is 28.1 Å². The molecule has 148 valence electrons. The summed E-state index contributed by atoms with van der Waals surface area (Å²) in [5.41, 5.74) is 2.40. The number of hydrogen-bond donors (Lipinski definition) is 0. The van der Waals surface area contributed by atoms with Crippen LogP contribution >= 0.6 is 23.1 Å². The minimum absolute atomic E-state index is 0.161. The van der Waals surface area contributed by atoms with Crippen molar-refractivity contribution in [2.75, 3.05) is 0 Å². The lowest BCUT2D eigenvalue weighted by molar-refractivity contribution is 0.391. The zero-order valence-electron chi connectivity index (χ0n) is 15.8. The van der Waals surface area contributed by atoms with Crippen LogP contribution in [-0.4, -0.2) is 24.7 Å². The first-order valence-electron chi connectivity index (χ1n) is 9.12. The number of rotatable bonds is 5. The first-order chi connectivity index (χ1) is 14.7. The lowest BCUT2D eigenvalue weighted by Crippen LogP contribution is -2.22. The third-order valence-corrected chi connectivity index (χ3v) is 6.05. The van der Waals surface area contributed by atoms with Crippen LogP contribution in [0.2, 0.25) is 0 Å². The molecule has 0 atom stereocenters. The second-order valence-corrected chi connectivity index (χ2v) is 8.28. The van der Waals surface area contributed by atoms with Gasteiger partial charge >= 0.3 is 0 Å². The van der Waals surface area contributed by atoms with E-state index in [0.29, 0.717) is 39.3 Å². The molecule has 0 amide bonds. The number of hydrogen-bond acceptors (Lipinski definition) is 8. The Morgan fingerprint density at radius 3 is 2.90 bits per heavy atom. The van der Waals surface area contributed by atoms with Crippen molar-refractivity contribution in [2.45, 2.75) is 17.8 Å². The molecule has 7 nitrogen and oxygen atoms in total. The van der Waals surface area contributed by atoms with E-state index < -0.39 is 0 Å². The molecule has 0 saturated heterocycles. The molecular formula is C21H15N5O2S2. The van der Waals surface area contributed by atoms with Crippen LogP contribution in [0.15, 0.2) is 73.9 Å². The maximum Gasteiger partial charge on any atom is 0.267 e. The number of pyridine rings is 1. The Hall–Kier alpha value is -3.30. The van der Waals surface area contributed by atoms with E-state index in [-0.39, 0.29) is 5.56 Å². The molecule has 9 heteroatoms. The monoisotopic (exact) mass is 433 g/mol. The molecule has 1 aromatic carbocycles. The second kappa shape index (κ2) is 7.85. The topological polar surface area (TPSA) is 86.7 Å². The normalized spacial score (nSPS) is 11.2. The summed E-state index contributed by atoms with van der Waals surface area (Å²) in [4.78, 5) is 26.8. The first-order valence-corrected chi connectivity index (χ1v) is 11.0. The summed E-state index contributed by atoms with van der Waals surface area (Å²) < 4.78 is 6.92. The highest BCUT2D eigenvalue weighted by Crippen LogP contribution is 2.25. The van der Waals surface area contributed by atoms with Crippen molar-refractivity contribution < 1.29 is 4.52 Å². The Labute approximate surface area is 179 Å². The van der Waals surface area contributed by atoms with Crippen LogP contribution in [-0.2, 0) is 5.75 Å². The van der Waals surface area contributed by atoms with E-state index in [0.717, 1.165) is 11.1 Å². The summed E-state index contributed by atoms with van der Waals surface area (Å²) in [6.07, 6.45) is 1.69. The molecule has 0 radical (unpaired) electrons. The predicted octanol–water partition coefficient (Wildman–Crippen LogP) is 4.49. The minimum Gasteiger partial charge on any atom is -0.338 e. The molecular weight excluding hydrogens is 418 g/mol. The quantitative estimate of drug-likeness (QED) is 0.298. The zero-order valence-corrected chi connectivity index (χ0v) is 17.5. The van der Waals surface area contributed by atoms with Crippen molar-refractivity contribution in [1.29, 1.82) is 0 Å². The molecule has 0 fully saturated rings. The summed E-state index contributed by atoms with van der Waals surface area (Å²) in [6, 6.07) is 13.0. The molecule has 4 aromatic heterocycles.